The van der Waals surface area contributed by atoms with Gasteiger partial charge in [-0.3, -0.25) is 0 Å². The van der Waals surface area contributed by atoms with Crippen molar-refractivity contribution in [2.24, 2.45) is 0 Å². The second-order valence-electron chi connectivity index (χ2n) is 3.84. The Hall–Kier alpha value is -0.830. The maximum atomic E-state index is 12.0. The average Bonchev–Trinajstić information content (AvgIpc) is 2.24. The maximum Gasteiger partial charge on any atom is 0.415 e. The Morgan fingerprint density at radius 1 is 1.42 bits per heavy atom. The van der Waals surface area contributed by atoms with Gasteiger partial charge in [0, 0.05) is 6.54 Å². The largest absolute Gasteiger partial charge is 0.415 e. The number of aliphatic hydroxyl groups is 1. The normalized spacial score (nSPS) is 14.4. The van der Waals surface area contributed by atoms with Gasteiger partial charge in [-0.15, -0.1) is 0 Å². The zero-order valence-electron chi connectivity index (χ0n) is 9.70. The van der Waals surface area contributed by atoms with Crippen LogP contribution in [0.5, 0.6) is 0 Å². The van der Waals surface area contributed by atoms with Crippen LogP contribution < -0.4 is 4.72 Å². The quantitative estimate of drug-likeness (QED) is 0.890. The molecule has 1 rings (SSSR count). The number of alkyl halides is 3. The van der Waals surface area contributed by atoms with E-state index in [1.807, 2.05) is 0 Å². The summed E-state index contributed by atoms with van der Waals surface area (Å²) < 4.78 is 61.2. The van der Waals surface area contributed by atoms with Crippen molar-refractivity contribution in [2.75, 3.05) is 6.54 Å². The van der Waals surface area contributed by atoms with Gasteiger partial charge in [0.25, 0.3) is 0 Å². The van der Waals surface area contributed by atoms with E-state index in [2.05, 4.69) is 0 Å². The summed E-state index contributed by atoms with van der Waals surface area (Å²) in [6, 6.07) is 4.01. The fourth-order valence-electron chi connectivity index (χ4n) is 1.21. The van der Waals surface area contributed by atoms with Crippen LogP contribution in [0.1, 0.15) is 5.56 Å². The third-order valence-corrected chi connectivity index (χ3v) is 4.13. The molecule has 0 heterocycles. The number of hydrogen-bond acceptors (Lipinski definition) is 3. The van der Waals surface area contributed by atoms with E-state index in [9.17, 15) is 21.6 Å². The molecule has 1 aromatic carbocycles. The zero-order valence-corrected chi connectivity index (χ0v) is 11.3. The van der Waals surface area contributed by atoms with E-state index in [1.165, 1.54) is 18.2 Å². The van der Waals surface area contributed by atoms with Crippen molar-refractivity contribution < 1.29 is 26.7 Å². The number of sulfonamides is 1. The molecule has 0 spiro atoms. The summed E-state index contributed by atoms with van der Waals surface area (Å²) in [4.78, 5) is -0.339. The first kappa shape index (κ1) is 16.2. The van der Waals surface area contributed by atoms with Crippen LogP contribution in [-0.4, -0.2) is 32.3 Å². The van der Waals surface area contributed by atoms with E-state index >= 15 is 0 Å². The van der Waals surface area contributed by atoms with Gasteiger partial charge in [0.15, 0.2) is 6.10 Å². The van der Waals surface area contributed by atoms with E-state index < -0.39 is 28.8 Å². The van der Waals surface area contributed by atoms with E-state index in [0.717, 1.165) is 0 Å². The highest BCUT2D eigenvalue weighted by Gasteiger charge is 2.38. The number of hydrogen-bond donors (Lipinski definition) is 2. The fourth-order valence-corrected chi connectivity index (χ4v) is 2.84. The molecule has 0 saturated heterocycles. The molecule has 0 fully saturated rings. The van der Waals surface area contributed by atoms with E-state index in [1.54, 1.807) is 11.6 Å². The van der Waals surface area contributed by atoms with Crippen LogP contribution in [0.2, 0.25) is 5.02 Å². The second-order valence-corrected chi connectivity index (χ2v) is 5.99. The zero-order chi connectivity index (χ0) is 14.8. The molecule has 0 amide bonds. The van der Waals surface area contributed by atoms with Gasteiger partial charge in [-0.1, -0.05) is 17.7 Å². The molecule has 0 bridgehead atoms. The SMILES string of the molecule is Cc1ccc(S(=O)(=O)NC[C@H](O)C(F)(F)F)c(Cl)c1. The molecule has 0 unspecified atom stereocenters. The van der Waals surface area contributed by atoms with Crippen molar-refractivity contribution in [3.05, 3.63) is 28.8 Å². The average molecular weight is 318 g/mol. The number of benzene rings is 1. The second kappa shape index (κ2) is 5.66. The Labute approximate surface area is 113 Å². The van der Waals surface area contributed by atoms with Crippen molar-refractivity contribution in [1.29, 1.82) is 0 Å². The Bertz CT molecular complexity index is 560. The molecule has 9 heteroatoms. The Morgan fingerprint density at radius 2 is 2.00 bits per heavy atom. The number of aliphatic hydroxyl groups excluding tert-OH is 1. The summed E-state index contributed by atoms with van der Waals surface area (Å²) in [7, 11) is -4.20. The first-order valence-electron chi connectivity index (χ1n) is 5.04. The summed E-state index contributed by atoms with van der Waals surface area (Å²) in [6.07, 6.45) is -7.66. The van der Waals surface area contributed by atoms with E-state index in [0.29, 0.717) is 5.56 Å². The summed E-state index contributed by atoms with van der Waals surface area (Å²) in [6.45, 7) is 0.513. The van der Waals surface area contributed by atoms with Crippen molar-refractivity contribution >= 4 is 21.6 Å². The molecule has 0 saturated carbocycles. The highest BCUT2D eigenvalue weighted by atomic mass is 35.5. The molecule has 0 radical (unpaired) electrons. The number of aryl methyl sites for hydroxylation is 1. The number of halogens is 4. The first-order valence-corrected chi connectivity index (χ1v) is 6.91. The molecular formula is C10H11ClF3NO3S. The predicted octanol–water partition coefficient (Wildman–Crippen LogP) is 1.85. The lowest BCUT2D eigenvalue weighted by atomic mass is 10.2. The first-order chi connectivity index (χ1) is 8.54. The number of nitrogens with one attached hydrogen (secondary N) is 1. The van der Waals surface area contributed by atoms with E-state index in [-0.39, 0.29) is 9.92 Å². The standard InChI is InChI=1S/C10H11ClF3NO3S/c1-6-2-3-8(7(11)4-6)19(17,18)15-5-9(16)10(12,13)14/h2-4,9,15-16H,5H2,1H3/t9-/m0/s1. The van der Waals surface area contributed by atoms with Crippen LogP contribution in [0.4, 0.5) is 13.2 Å². The van der Waals surface area contributed by atoms with Gasteiger partial charge in [-0.25, -0.2) is 13.1 Å². The molecule has 1 aromatic rings. The molecule has 0 aliphatic carbocycles. The summed E-state index contributed by atoms with van der Waals surface area (Å²) in [5.74, 6) is 0. The molecular weight excluding hydrogens is 307 g/mol. The van der Waals surface area contributed by atoms with Gasteiger partial charge in [0.05, 0.1) is 5.02 Å². The van der Waals surface area contributed by atoms with Crippen LogP contribution in [-0.2, 0) is 10.0 Å². The van der Waals surface area contributed by atoms with Crippen LogP contribution in [0.3, 0.4) is 0 Å². The smallest absolute Gasteiger partial charge is 0.382 e. The van der Waals surface area contributed by atoms with Crippen LogP contribution in [0.25, 0.3) is 0 Å². The minimum Gasteiger partial charge on any atom is -0.382 e. The van der Waals surface area contributed by atoms with Gasteiger partial charge < -0.3 is 5.11 Å². The summed E-state index contributed by atoms with van der Waals surface area (Å²) in [5.41, 5.74) is 0.708. The highest BCUT2D eigenvalue weighted by molar-refractivity contribution is 7.89. The molecule has 0 aliphatic heterocycles. The van der Waals surface area contributed by atoms with Crippen molar-refractivity contribution in [3.63, 3.8) is 0 Å². The molecule has 2 N–H and O–H groups in total. The molecule has 19 heavy (non-hydrogen) atoms. The Morgan fingerprint density at radius 3 is 2.47 bits per heavy atom. The molecule has 0 aromatic heterocycles. The third kappa shape index (κ3) is 4.34. The van der Waals surface area contributed by atoms with Crippen LogP contribution in [0.15, 0.2) is 23.1 Å². The third-order valence-electron chi connectivity index (χ3n) is 2.22. The maximum absolute atomic E-state index is 12.0. The Kier molecular flexibility index (Phi) is 4.83. The molecule has 0 aliphatic rings. The lowest BCUT2D eigenvalue weighted by Gasteiger charge is -2.15. The molecule has 1 atom stereocenters. The summed E-state index contributed by atoms with van der Waals surface area (Å²) in [5, 5.41) is 8.62. The Balaban J connectivity index is 2.88. The molecule has 4 nitrogen and oxygen atoms in total. The van der Waals surface area contributed by atoms with E-state index in [4.69, 9.17) is 16.7 Å². The van der Waals surface area contributed by atoms with Crippen LogP contribution in [0, 0.1) is 6.92 Å². The minimum absolute atomic E-state index is 0.103. The topological polar surface area (TPSA) is 66.4 Å². The van der Waals surface area contributed by atoms with Crippen molar-refractivity contribution in [3.8, 4) is 0 Å². The molecule has 108 valence electrons. The van der Waals surface area contributed by atoms with Gasteiger partial charge >= 0.3 is 6.18 Å². The number of rotatable bonds is 4. The summed E-state index contributed by atoms with van der Waals surface area (Å²) >= 11 is 5.72. The van der Waals surface area contributed by atoms with Crippen LogP contribution >= 0.6 is 11.6 Å². The highest BCUT2D eigenvalue weighted by Crippen LogP contribution is 2.23. The van der Waals surface area contributed by atoms with Crippen molar-refractivity contribution in [2.45, 2.75) is 24.1 Å². The lowest BCUT2D eigenvalue weighted by molar-refractivity contribution is -0.200. The van der Waals surface area contributed by atoms with Gasteiger partial charge in [0.2, 0.25) is 10.0 Å². The lowest BCUT2D eigenvalue weighted by Crippen LogP contribution is -2.40. The van der Waals surface area contributed by atoms with Gasteiger partial charge in [-0.2, -0.15) is 13.2 Å². The van der Waals surface area contributed by atoms with Crippen molar-refractivity contribution in [1.82, 2.24) is 4.72 Å². The fraction of sp³-hybridized carbons (Fsp3) is 0.400. The van der Waals surface area contributed by atoms with Gasteiger partial charge in [-0.05, 0) is 24.6 Å². The monoisotopic (exact) mass is 317 g/mol. The van der Waals surface area contributed by atoms with Gasteiger partial charge in [0.1, 0.15) is 4.90 Å². The predicted molar refractivity (Wildman–Crippen MR) is 63.4 cm³/mol. The minimum atomic E-state index is -4.89.